The number of halogens is 2. The number of rotatable bonds is 12. The maximum Gasteiger partial charge on any atom is 0.328 e. The van der Waals surface area contributed by atoms with Crippen LogP contribution < -0.4 is 19.7 Å². The number of nitrogens with zero attached hydrogens (tertiary/aromatic N) is 3. The predicted octanol–water partition coefficient (Wildman–Crippen LogP) is 11.1. The average molecular weight is 890 g/mol. The number of ether oxygens (including phenoxy) is 3. The molecule has 3 aliphatic rings. The summed E-state index contributed by atoms with van der Waals surface area (Å²) >= 11 is 12.5. The summed E-state index contributed by atoms with van der Waals surface area (Å²) in [5.41, 5.74) is 10.7. The molecule has 1 N–H and O–H groups in total. The summed E-state index contributed by atoms with van der Waals surface area (Å²) in [7, 11) is 3.49. The van der Waals surface area contributed by atoms with Gasteiger partial charge >= 0.3 is 5.97 Å². The Labute approximate surface area is 382 Å². The lowest BCUT2D eigenvalue weighted by molar-refractivity contribution is -0.146. The van der Waals surface area contributed by atoms with E-state index in [1.165, 1.54) is 19.1 Å². The van der Waals surface area contributed by atoms with E-state index in [0.29, 0.717) is 29.4 Å². The van der Waals surface area contributed by atoms with Crippen LogP contribution in [0.4, 0.5) is 5.69 Å². The standard InChI is InChI=1S/C52H58Cl2N4O5/c1-6-48(37-18-21-43(53)44(54)27-37)62-41-19-16-36(17-20-41)49-23-25-57(4)46-28-38-29-47(58(40-10-8-7-9-11-40)31-39(38)30-50(46)63-49)51(59)56-45(52(60)61-5)26-34-12-14-35(15-13-34)42-22-24-55-33(3)32(42)2/h12-22,24,27-28,30,40,45,47-49H,6-11,23,25-26,29,31H2,1-5H3,(H,56,59)/t45-,47-,48+,49+/m0/s1. The number of aryl methyl sites for hydroxylation is 1. The van der Waals surface area contributed by atoms with Gasteiger partial charge in [0, 0.05) is 50.9 Å². The smallest absolute Gasteiger partial charge is 0.328 e. The van der Waals surface area contributed by atoms with Gasteiger partial charge < -0.3 is 24.4 Å². The first-order valence-electron chi connectivity index (χ1n) is 22.4. The highest BCUT2D eigenvalue weighted by atomic mass is 35.5. The average Bonchev–Trinajstić information content (AvgIpc) is 3.46. The molecule has 330 valence electrons. The van der Waals surface area contributed by atoms with E-state index in [1.54, 1.807) is 0 Å². The van der Waals surface area contributed by atoms with Gasteiger partial charge in [0.1, 0.15) is 29.7 Å². The Kier molecular flexibility index (Phi) is 14.0. The second-order valence-corrected chi connectivity index (χ2v) is 18.2. The number of benzene rings is 4. The van der Waals surface area contributed by atoms with Gasteiger partial charge in [-0.25, -0.2) is 4.79 Å². The highest BCUT2D eigenvalue weighted by Gasteiger charge is 2.39. The topological polar surface area (TPSA) is 93.2 Å². The van der Waals surface area contributed by atoms with E-state index >= 15 is 0 Å². The quantitative estimate of drug-likeness (QED) is 0.124. The Morgan fingerprint density at radius 2 is 1.67 bits per heavy atom. The third kappa shape index (κ3) is 10.0. The summed E-state index contributed by atoms with van der Waals surface area (Å²) in [6.07, 6.45) is 9.54. The molecule has 4 atom stereocenters. The van der Waals surface area contributed by atoms with Gasteiger partial charge in [0.05, 0.1) is 28.9 Å². The number of carbonyl (C=O) groups excluding carboxylic acids is 2. The van der Waals surface area contributed by atoms with Crippen molar-refractivity contribution in [2.45, 2.75) is 115 Å². The third-order valence-corrected chi connectivity index (χ3v) is 14.1. The molecule has 1 saturated carbocycles. The minimum Gasteiger partial charge on any atom is -0.486 e. The van der Waals surface area contributed by atoms with E-state index in [9.17, 15) is 9.59 Å². The van der Waals surface area contributed by atoms with Crippen LogP contribution in [0.2, 0.25) is 10.0 Å². The first kappa shape index (κ1) is 44.5. The Bertz CT molecular complexity index is 2420. The summed E-state index contributed by atoms with van der Waals surface area (Å²) in [5, 5.41) is 4.21. The molecular weight excluding hydrogens is 832 g/mol. The van der Waals surface area contributed by atoms with Crippen LogP contribution in [0.5, 0.6) is 11.5 Å². The van der Waals surface area contributed by atoms with E-state index in [1.807, 2.05) is 61.7 Å². The van der Waals surface area contributed by atoms with Gasteiger partial charge in [-0.1, -0.05) is 91.9 Å². The normalized spacial score (nSPS) is 18.9. The zero-order valence-corrected chi connectivity index (χ0v) is 38.5. The van der Waals surface area contributed by atoms with Gasteiger partial charge in [0.2, 0.25) is 5.91 Å². The number of esters is 1. The largest absolute Gasteiger partial charge is 0.486 e. The first-order valence-corrected chi connectivity index (χ1v) is 23.2. The number of anilines is 1. The number of hydrogen-bond donors (Lipinski definition) is 1. The van der Waals surface area contributed by atoms with Crippen LogP contribution in [0.1, 0.15) is 103 Å². The van der Waals surface area contributed by atoms with Crippen molar-refractivity contribution < 1.29 is 23.8 Å². The summed E-state index contributed by atoms with van der Waals surface area (Å²) in [6.45, 7) is 7.60. The summed E-state index contributed by atoms with van der Waals surface area (Å²) in [6, 6.07) is 27.5. The van der Waals surface area contributed by atoms with Gasteiger partial charge in [-0.15, -0.1) is 0 Å². The zero-order chi connectivity index (χ0) is 44.2. The molecule has 11 heteroatoms. The molecule has 9 nitrogen and oxygen atoms in total. The molecule has 8 rings (SSSR count). The number of carbonyl (C=O) groups is 2. The molecule has 0 unspecified atom stereocenters. The number of amides is 1. The SMILES string of the molecule is CC[C@@H](Oc1ccc([C@H]2CCN(C)c3cc4c(cc3O2)CN(C2CCCCC2)[C@H](C(=O)N[C@@H](Cc2ccc(-c3ccnc(C)c3C)cc2)C(=O)OC)C4)cc1)c1ccc(Cl)c(Cl)c1. The van der Waals surface area contributed by atoms with Gasteiger partial charge in [-0.3, -0.25) is 14.7 Å². The Morgan fingerprint density at radius 1 is 0.905 bits per heavy atom. The van der Waals surface area contributed by atoms with Gasteiger partial charge in [0.15, 0.2) is 0 Å². The van der Waals surface area contributed by atoms with E-state index in [2.05, 4.69) is 77.4 Å². The van der Waals surface area contributed by atoms with E-state index in [-0.39, 0.29) is 24.2 Å². The molecule has 1 fully saturated rings. The predicted molar refractivity (Wildman–Crippen MR) is 251 cm³/mol. The number of aromatic nitrogens is 1. The number of hydrogen-bond acceptors (Lipinski definition) is 8. The van der Waals surface area contributed by atoms with Crippen LogP contribution in [0.15, 0.2) is 91.1 Å². The first-order chi connectivity index (χ1) is 30.5. The van der Waals surface area contributed by atoms with E-state index in [4.69, 9.17) is 37.4 Å². The fourth-order valence-electron chi connectivity index (χ4n) is 9.57. The molecule has 1 aliphatic carbocycles. The second-order valence-electron chi connectivity index (χ2n) is 17.4. The molecule has 3 heterocycles. The van der Waals surface area contributed by atoms with Crippen LogP contribution in [-0.2, 0) is 33.7 Å². The van der Waals surface area contributed by atoms with Crippen molar-refractivity contribution in [3.63, 3.8) is 0 Å². The number of methoxy groups -OCH3 is 1. The molecule has 0 bridgehead atoms. The maximum atomic E-state index is 14.6. The molecule has 0 spiro atoms. The van der Waals surface area contributed by atoms with Crippen LogP contribution in [0.3, 0.4) is 0 Å². The minimum absolute atomic E-state index is 0.143. The highest BCUT2D eigenvalue weighted by Crippen LogP contribution is 2.42. The van der Waals surface area contributed by atoms with Crippen molar-refractivity contribution in [2.24, 2.45) is 0 Å². The minimum atomic E-state index is -0.826. The molecule has 1 amide bonds. The fraction of sp³-hybridized carbons (Fsp3) is 0.404. The number of nitrogens with one attached hydrogen (secondary N) is 1. The second kappa shape index (κ2) is 19.7. The molecule has 5 aromatic rings. The summed E-state index contributed by atoms with van der Waals surface area (Å²) < 4.78 is 18.6. The third-order valence-electron chi connectivity index (χ3n) is 13.4. The van der Waals surface area contributed by atoms with Gasteiger partial charge in [-0.2, -0.15) is 0 Å². The van der Waals surface area contributed by atoms with Crippen molar-refractivity contribution in [2.75, 3.05) is 25.6 Å². The lowest BCUT2D eigenvalue weighted by Gasteiger charge is -2.43. The molecule has 1 aromatic heterocycles. The van der Waals surface area contributed by atoms with Crippen molar-refractivity contribution in [3.05, 3.63) is 140 Å². The molecule has 0 radical (unpaired) electrons. The van der Waals surface area contributed by atoms with Crippen molar-refractivity contribution in [3.8, 4) is 22.6 Å². The van der Waals surface area contributed by atoms with Crippen LogP contribution in [0.25, 0.3) is 11.1 Å². The lowest BCUT2D eigenvalue weighted by Crippen LogP contribution is -2.57. The monoisotopic (exact) mass is 888 g/mol. The lowest BCUT2D eigenvalue weighted by atomic mass is 9.87. The molecule has 4 aromatic carbocycles. The Hall–Kier alpha value is -5.09. The summed E-state index contributed by atoms with van der Waals surface area (Å²) in [5.74, 6) is 1.03. The molecule has 2 aliphatic heterocycles. The maximum absolute atomic E-state index is 14.6. The van der Waals surface area contributed by atoms with Crippen LogP contribution in [-0.4, -0.2) is 60.6 Å². The van der Waals surface area contributed by atoms with Crippen LogP contribution >= 0.6 is 23.2 Å². The highest BCUT2D eigenvalue weighted by molar-refractivity contribution is 6.42. The number of fused-ring (bicyclic) bond motifs is 2. The van der Waals surface area contributed by atoms with Crippen molar-refractivity contribution in [1.29, 1.82) is 0 Å². The van der Waals surface area contributed by atoms with Gasteiger partial charge in [0.25, 0.3) is 0 Å². The Balaban J connectivity index is 0.998. The van der Waals surface area contributed by atoms with Crippen molar-refractivity contribution >= 4 is 40.8 Å². The summed E-state index contributed by atoms with van der Waals surface area (Å²) in [4.78, 5) is 36.9. The molecular formula is C52H58Cl2N4O5. The molecule has 63 heavy (non-hydrogen) atoms. The fourth-order valence-corrected chi connectivity index (χ4v) is 9.88. The van der Waals surface area contributed by atoms with Crippen LogP contribution in [0, 0.1) is 13.8 Å². The Morgan fingerprint density at radius 3 is 2.38 bits per heavy atom. The van der Waals surface area contributed by atoms with Gasteiger partial charge in [-0.05, 0) is 127 Å². The zero-order valence-electron chi connectivity index (χ0n) is 37.0. The van der Waals surface area contributed by atoms with Crippen molar-refractivity contribution in [1.82, 2.24) is 15.2 Å². The van der Waals surface area contributed by atoms with E-state index < -0.39 is 18.1 Å². The van der Waals surface area contributed by atoms with E-state index in [0.717, 1.165) is 107 Å². The molecule has 0 saturated heterocycles. The number of pyridine rings is 1.